The molecule has 4 rings (SSSR count). The third-order valence-corrected chi connectivity index (χ3v) is 7.96. The summed E-state index contributed by atoms with van der Waals surface area (Å²) in [6.45, 7) is 5.09. The Morgan fingerprint density at radius 1 is 1.12 bits per heavy atom. The Labute approximate surface area is 195 Å². The van der Waals surface area contributed by atoms with E-state index in [2.05, 4.69) is 10.2 Å². The molecule has 8 heteroatoms. The molecule has 8 nitrogen and oxygen atoms in total. The summed E-state index contributed by atoms with van der Waals surface area (Å²) in [5.41, 5.74) is -0.181. The van der Waals surface area contributed by atoms with Crippen molar-refractivity contribution in [2.45, 2.75) is 57.2 Å². The molecule has 2 atom stereocenters. The van der Waals surface area contributed by atoms with Crippen molar-refractivity contribution in [3.63, 3.8) is 0 Å². The number of carbonyl (C=O) groups is 3. The third kappa shape index (κ3) is 4.92. The van der Waals surface area contributed by atoms with E-state index in [1.165, 1.54) is 6.92 Å². The highest BCUT2D eigenvalue weighted by Gasteiger charge is 2.56. The fourth-order valence-electron chi connectivity index (χ4n) is 6.05. The van der Waals surface area contributed by atoms with Gasteiger partial charge in [-0.1, -0.05) is 43.2 Å². The van der Waals surface area contributed by atoms with Crippen molar-refractivity contribution in [1.82, 2.24) is 20.0 Å². The number of rotatable bonds is 5. The number of amides is 3. The molecule has 1 spiro atoms. The summed E-state index contributed by atoms with van der Waals surface area (Å²) in [4.78, 5) is 42.0. The summed E-state index contributed by atoms with van der Waals surface area (Å²) in [6.07, 6.45) is 5.26. The van der Waals surface area contributed by atoms with Crippen LogP contribution in [-0.2, 0) is 16.1 Å². The number of benzene rings is 1. The predicted molar refractivity (Wildman–Crippen MR) is 124 cm³/mol. The second-order valence-corrected chi connectivity index (χ2v) is 9.99. The van der Waals surface area contributed by atoms with Crippen molar-refractivity contribution in [3.05, 3.63) is 35.9 Å². The average Bonchev–Trinajstić information content (AvgIpc) is 3.30. The molecule has 1 saturated carbocycles. The van der Waals surface area contributed by atoms with Crippen molar-refractivity contribution in [2.24, 2.45) is 5.41 Å². The molecule has 2 aliphatic heterocycles. The summed E-state index contributed by atoms with van der Waals surface area (Å²) in [5, 5.41) is 15.0. The summed E-state index contributed by atoms with van der Waals surface area (Å²) in [7, 11) is 0. The smallest absolute Gasteiger partial charge is 0.317 e. The second kappa shape index (κ2) is 9.81. The van der Waals surface area contributed by atoms with Gasteiger partial charge in [-0.15, -0.1) is 0 Å². The molecule has 2 unspecified atom stereocenters. The van der Waals surface area contributed by atoms with E-state index in [1.54, 1.807) is 4.90 Å². The van der Waals surface area contributed by atoms with Gasteiger partial charge in [0.2, 0.25) is 5.91 Å². The Bertz CT molecular complexity index is 857. The van der Waals surface area contributed by atoms with Crippen molar-refractivity contribution in [1.29, 1.82) is 0 Å². The molecule has 3 fully saturated rings. The van der Waals surface area contributed by atoms with Crippen molar-refractivity contribution < 1.29 is 19.5 Å². The summed E-state index contributed by atoms with van der Waals surface area (Å²) < 4.78 is 0. The first-order valence-electron chi connectivity index (χ1n) is 12.1. The van der Waals surface area contributed by atoms with E-state index in [0.717, 1.165) is 37.5 Å². The van der Waals surface area contributed by atoms with Crippen LogP contribution in [0.15, 0.2) is 30.3 Å². The number of β-amino-alcohol motifs (C(OH)–C–C–N with tert-alkyl or cyclic N) is 1. The van der Waals surface area contributed by atoms with Gasteiger partial charge in [-0.25, -0.2) is 4.79 Å². The molecule has 1 aromatic rings. The van der Waals surface area contributed by atoms with Gasteiger partial charge < -0.3 is 25.0 Å². The number of piperazine rings is 1. The highest BCUT2D eigenvalue weighted by atomic mass is 16.3. The van der Waals surface area contributed by atoms with Crippen molar-refractivity contribution >= 4 is 18.2 Å². The van der Waals surface area contributed by atoms with Crippen LogP contribution in [0.5, 0.6) is 0 Å². The first kappa shape index (κ1) is 23.7. The van der Waals surface area contributed by atoms with E-state index in [4.69, 9.17) is 0 Å². The van der Waals surface area contributed by atoms with E-state index in [1.807, 2.05) is 35.2 Å². The zero-order chi connectivity index (χ0) is 23.5. The zero-order valence-corrected chi connectivity index (χ0v) is 19.5. The van der Waals surface area contributed by atoms with Crippen LogP contribution in [-0.4, -0.2) is 88.9 Å². The molecule has 0 radical (unpaired) electrons. The van der Waals surface area contributed by atoms with Gasteiger partial charge >= 0.3 is 6.03 Å². The Hall–Kier alpha value is -2.45. The van der Waals surface area contributed by atoms with Gasteiger partial charge in [0.05, 0.1) is 11.6 Å². The molecular weight excluding hydrogens is 420 g/mol. The minimum Gasteiger partial charge on any atom is -0.388 e. The van der Waals surface area contributed by atoms with Crippen LogP contribution in [0.2, 0.25) is 0 Å². The van der Waals surface area contributed by atoms with Crippen LogP contribution in [0.1, 0.15) is 44.6 Å². The van der Waals surface area contributed by atoms with E-state index in [-0.39, 0.29) is 17.4 Å². The molecule has 1 aromatic carbocycles. The molecule has 3 amide bonds. The molecule has 1 aliphatic carbocycles. The molecular formula is C25H36N4O4. The number of nitrogens with zero attached hydrogens (tertiary/aromatic N) is 3. The average molecular weight is 457 g/mol. The standard InChI is InChI=1S/C25H36N4O4/c1-20(31)29-14-13-27(16-22(29)17-30)19-25(33)11-12-28(18-24(25)9-5-6-10-24)23(32)26-15-21-7-3-2-4-8-21/h2-4,7-8,17,22,33H,5-6,9-16,18-19H2,1H3,(H,26,32). The number of hydrogen-bond acceptors (Lipinski definition) is 5. The lowest BCUT2D eigenvalue weighted by Gasteiger charge is -2.54. The number of carbonyl (C=O) groups excluding carboxylic acids is 3. The first-order valence-corrected chi connectivity index (χ1v) is 12.1. The number of aliphatic hydroxyl groups is 1. The molecule has 2 N–H and O–H groups in total. The fourth-order valence-corrected chi connectivity index (χ4v) is 6.05. The summed E-state index contributed by atoms with van der Waals surface area (Å²) in [6, 6.07) is 9.31. The zero-order valence-electron chi connectivity index (χ0n) is 19.5. The molecule has 0 aromatic heterocycles. The number of nitrogens with one attached hydrogen (secondary N) is 1. The lowest BCUT2D eigenvalue weighted by Crippen LogP contribution is -2.66. The predicted octanol–water partition coefficient (Wildman–Crippen LogP) is 1.62. The van der Waals surface area contributed by atoms with Gasteiger partial charge in [0.15, 0.2) is 0 Å². The maximum Gasteiger partial charge on any atom is 0.317 e. The fraction of sp³-hybridized carbons (Fsp3) is 0.640. The largest absolute Gasteiger partial charge is 0.388 e. The molecule has 0 bridgehead atoms. The summed E-state index contributed by atoms with van der Waals surface area (Å²) in [5.74, 6) is -0.0902. The number of hydrogen-bond donors (Lipinski definition) is 2. The van der Waals surface area contributed by atoms with Crippen LogP contribution in [0, 0.1) is 5.41 Å². The SMILES string of the molecule is CC(=O)N1CCN(CC2(O)CCN(C(=O)NCc3ccccc3)CC23CCCC3)CC1C=O. The van der Waals surface area contributed by atoms with Gasteiger partial charge in [-0.3, -0.25) is 9.69 Å². The maximum absolute atomic E-state index is 12.9. The quantitative estimate of drug-likeness (QED) is 0.657. The lowest BCUT2D eigenvalue weighted by atomic mass is 9.65. The second-order valence-electron chi connectivity index (χ2n) is 9.99. The summed E-state index contributed by atoms with van der Waals surface area (Å²) >= 11 is 0. The minimum absolute atomic E-state index is 0.0803. The Morgan fingerprint density at radius 2 is 1.85 bits per heavy atom. The van der Waals surface area contributed by atoms with Crippen LogP contribution >= 0.6 is 0 Å². The normalized spacial score (nSPS) is 27.5. The maximum atomic E-state index is 12.9. The van der Waals surface area contributed by atoms with Crippen LogP contribution in [0.4, 0.5) is 4.79 Å². The number of urea groups is 1. The monoisotopic (exact) mass is 456 g/mol. The van der Waals surface area contributed by atoms with Gasteiger partial charge in [0, 0.05) is 58.2 Å². The van der Waals surface area contributed by atoms with Crippen molar-refractivity contribution in [2.75, 3.05) is 39.3 Å². The Morgan fingerprint density at radius 3 is 2.52 bits per heavy atom. The number of likely N-dealkylation sites (tertiary alicyclic amines) is 1. The van der Waals surface area contributed by atoms with Gasteiger partial charge in [-0.2, -0.15) is 0 Å². The lowest BCUT2D eigenvalue weighted by molar-refractivity contribution is -0.150. The van der Waals surface area contributed by atoms with Gasteiger partial charge in [0.1, 0.15) is 6.29 Å². The molecule has 33 heavy (non-hydrogen) atoms. The van der Waals surface area contributed by atoms with Gasteiger partial charge in [0.25, 0.3) is 0 Å². The van der Waals surface area contributed by atoms with Gasteiger partial charge in [-0.05, 0) is 24.8 Å². The van der Waals surface area contributed by atoms with Crippen molar-refractivity contribution in [3.8, 4) is 0 Å². The van der Waals surface area contributed by atoms with E-state index in [9.17, 15) is 19.5 Å². The Balaban J connectivity index is 1.41. The minimum atomic E-state index is -0.911. The van der Waals surface area contributed by atoms with Crippen LogP contribution < -0.4 is 5.32 Å². The third-order valence-electron chi connectivity index (χ3n) is 7.96. The molecule has 2 saturated heterocycles. The topological polar surface area (TPSA) is 93.2 Å². The van der Waals surface area contributed by atoms with E-state index in [0.29, 0.717) is 52.2 Å². The highest BCUT2D eigenvalue weighted by Crippen LogP contribution is 2.51. The molecule has 3 aliphatic rings. The van der Waals surface area contributed by atoms with E-state index < -0.39 is 11.6 Å². The van der Waals surface area contributed by atoms with Crippen LogP contribution in [0.3, 0.4) is 0 Å². The highest BCUT2D eigenvalue weighted by molar-refractivity contribution is 5.78. The molecule has 180 valence electrons. The van der Waals surface area contributed by atoms with Crippen LogP contribution in [0.25, 0.3) is 0 Å². The number of piperidine rings is 1. The van der Waals surface area contributed by atoms with E-state index >= 15 is 0 Å². The Kier molecular flexibility index (Phi) is 7.05. The molecule has 2 heterocycles. The number of aldehydes is 1. The first-order chi connectivity index (χ1) is 15.9.